The lowest BCUT2D eigenvalue weighted by atomic mass is 9.41. The number of fused-ring (bicyclic) bond motifs is 2. The second kappa shape index (κ2) is 14.2. The van der Waals surface area contributed by atoms with Gasteiger partial charge in [-0.05, 0) is 118 Å². The van der Waals surface area contributed by atoms with Gasteiger partial charge in [0.15, 0.2) is 12.6 Å². The van der Waals surface area contributed by atoms with Gasteiger partial charge >= 0.3 is 0 Å². The molecule has 5 aliphatic carbocycles. The summed E-state index contributed by atoms with van der Waals surface area (Å²) in [5.41, 5.74) is -2.71. The van der Waals surface area contributed by atoms with Gasteiger partial charge in [-0.2, -0.15) is 0 Å². The van der Waals surface area contributed by atoms with Gasteiger partial charge in [0.25, 0.3) is 0 Å². The Balaban J connectivity index is 0.969. The van der Waals surface area contributed by atoms with E-state index in [-0.39, 0.29) is 52.3 Å². The zero-order chi connectivity index (χ0) is 41.5. The predicted molar refractivity (Wildman–Crippen MR) is 200 cm³/mol. The van der Waals surface area contributed by atoms with Crippen LogP contribution in [0.25, 0.3) is 0 Å². The monoisotopic (exact) mass is 814 g/mol. The lowest BCUT2D eigenvalue weighted by molar-refractivity contribution is -0.343. The van der Waals surface area contributed by atoms with E-state index in [4.69, 9.17) is 23.7 Å². The van der Waals surface area contributed by atoms with Crippen LogP contribution in [0.15, 0.2) is 0 Å². The molecule has 8 aliphatic rings. The Morgan fingerprint density at radius 2 is 1.30 bits per heavy atom. The van der Waals surface area contributed by atoms with Gasteiger partial charge in [-0.25, -0.2) is 0 Å². The smallest absolute Gasteiger partial charge is 0.186 e. The summed E-state index contributed by atoms with van der Waals surface area (Å²) in [7, 11) is 0. The molecule has 0 radical (unpaired) electrons. The second-order valence-electron chi connectivity index (χ2n) is 21.3. The van der Waals surface area contributed by atoms with E-state index in [1.165, 1.54) is 0 Å². The van der Waals surface area contributed by atoms with Crippen LogP contribution in [0.3, 0.4) is 0 Å². The van der Waals surface area contributed by atoms with E-state index in [1.54, 1.807) is 13.8 Å². The molecular formula is C42H70O15. The minimum atomic E-state index is -1.66. The highest BCUT2D eigenvalue weighted by atomic mass is 16.7. The van der Waals surface area contributed by atoms with Crippen molar-refractivity contribution in [2.75, 3.05) is 19.8 Å². The fourth-order valence-electron chi connectivity index (χ4n) is 15.1. The van der Waals surface area contributed by atoms with Crippen molar-refractivity contribution in [3.63, 3.8) is 0 Å². The van der Waals surface area contributed by atoms with Crippen LogP contribution in [0.5, 0.6) is 0 Å². The molecule has 0 aromatic carbocycles. The average molecular weight is 815 g/mol. The molecule has 3 heterocycles. The van der Waals surface area contributed by atoms with Crippen LogP contribution in [0.4, 0.5) is 0 Å². The first-order valence-corrected chi connectivity index (χ1v) is 21.5. The van der Waals surface area contributed by atoms with Crippen molar-refractivity contribution in [2.45, 2.75) is 197 Å². The van der Waals surface area contributed by atoms with E-state index >= 15 is 0 Å². The molecular weight excluding hydrogens is 744 g/mol. The molecule has 21 atom stereocenters. The van der Waals surface area contributed by atoms with Gasteiger partial charge in [0, 0.05) is 17.9 Å². The molecule has 15 nitrogen and oxygen atoms in total. The Morgan fingerprint density at radius 3 is 1.93 bits per heavy atom. The Labute approximate surface area is 335 Å². The molecule has 8 fully saturated rings. The molecule has 0 bridgehead atoms. The first-order chi connectivity index (χ1) is 26.6. The third kappa shape index (κ3) is 6.06. The first kappa shape index (κ1) is 43.1. The molecule has 5 saturated carbocycles. The van der Waals surface area contributed by atoms with E-state index in [2.05, 4.69) is 27.7 Å². The van der Waals surface area contributed by atoms with Crippen molar-refractivity contribution in [2.24, 2.45) is 44.8 Å². The number of hydrogen-bond acceptors (Lipinski definition) is 15. The number of hydrogen-bond donors (Lipinski definition) is 10. The zero-order valence-corrected chi connectivity index (χ0v) is 34.4. The Bertz CT molecular complexity index is 1490. The molecule has 2 unspecified atom stereocenters. The number of rotatable bonds is 9. The van der Waals surface area contributed by atoms with Crippen LogP contribution in [0, 0.1) is 44.8 Å². The minimum absolute atomic E-state index is 0.0133. The van der Waals surface area contributed by atoms with Crippen molar-refractivity contribution in [3.8, 4) is 0 Å². The summed E-state index contributed by atoms with van der Waals surface area (Å²) in [6.45, 7) is 11.3. The first-order valence-electron chi connectivity index (χ1n) is 21.5. The second-order valence-corrected chi connectivity index (χ2v) is 21.3. The Hall–Kier alpha value is -0.600. The largest absolute Gasteiger partial charge is 0.396 e. The Morgan fingerprint density at radius 1 is 0.684 bits per heavy atom. The van der Waals surface area contributed by atoms with Crippen molar-refractivity contribution in [1.29, 1.82) is 0 Å². The van der Waals surface area contributed by atoms with Crippen LogP contribution < -0.4 is 0 Å². The van der Waals surface area contributed by atoms with Gasteiger partial charge in [-0.1, -0.05) is 20.8 Å². The summed E-state index contributed by atoms with van der Waals surface area (Å²) < 4.78 is 30.4. The summed E-state index contributed by atoms with van der Waals surface area (Å²) in [5.74, 6) is 0.354. The van der Waals surface area contributed by atoms with Crippen molar-refractivity contribution in [1.82, 2.24) is 0 Å². The van der Waals surface area contributed by atoms with E-state index in [0.29, 0.717) is 25.2 Å². The summed E-state index contributed by atoms with van der Waals surface area (Å²) in [6, 6.07) is 0. The Kier molecular flexibility index (Phi) is 10.7. The normalized spacial score (nSPS) is 57.1. The highest BCUT2D eigenvalue weighted by molar-refractivity contribution is 5.32. The SMILES string of the molecule is CC(C)(O)C1CCC(C)([C@H]2[C@@H](O)C[C@@]3(C)[C@@H]4CC[C@H]5C(C)(C)[C@@H](O[C@@H]6O[C@H](CO[C@@H]7O[C@H](CO)[C@@H](O)[C@H](O)[C@H]7O)[C@@H](O)[C@H](O)[C@H]6O)CC[C@@]56C[C@@]46CC[C@]23CO)O1. The van der Waals surface area contributed by atoms with E-state index in [1.807, 2.05) is 0 Å². The summed E-state index contributed by atoms with van der Waals surface area (Å²) in [4.78, 5) is 0. The maximum absolute atomic E-state index is 12.0. The third-order valence-corrected chi connectivity index (χ3v) is 18.0. The van der Waals surface area contributed by atoms with E-state index in [0.717, 1.165) is 44.9 Å². The van der Waals surface area contributed by atoms with Crippen LogP contribution in [0.1, 0.15) is 106 Å². The fourth-order valence-corrected chi connectivity index (χ4v) is 15.1. The van der Waals surface area contributed by atoms with Gasteiger partial charge in [0.1, 0.15) is 48.8 Å². The lowest BCUT2D eigenvalue weighted by Crippen LogP contribution is -2.63. The molecule has 2 spiro atoms. The lowest BCUT2D eigenvalue weighted by Gasteiger charge is -2.64. The van der Waals surface area contributed by atoms with Gasteiger partial charge in [0.05, 0.1) is 42.7 Å². The summed E-state index contributed by atoms with van der Waals surface area (Å²) in [5, 5.41) is 107. The quantitative estimate of drug-likeness (QED) is 0.139. The minimum Gasteiger partial charge on any atom is -0.396 e. The van der Waals surface area contributed by atoms with Crippen molar-refractivity contribution in [3.05, 3.63) is 0 Å². The molecule has 0 amide bonds. The van der Waals surface area contributed by atoms with E-state index in [9.17, 15) is 51.1 Å². The molecule has 0 aromatic rings. The number of aliphatic hydroxyl groups excluding tert-OH is 9. The fraction of sp³-hybridized carbons (Fsp3) is 1.00. The van der Waals surface area contributed by atoms with Crippen molar-refractivity contribution >= 4 is 0 Å². The predicted octanol–water partition coefficient (Wildman–Crippen LogP) is 0.0866. The maximum atomic E-state index is 12.0. The zero-order valence-electron chi connectivity index (χ0n) is 34.4. The average Bonchev–Trinajstić information content (AvgIpc) is 3.51. The standard InChI is InChI=1S/C42H70O15/c1-36(2)23-7-8-24-38(5)15-20(45)33(39(6)11-9-26(57-39)37(3,4)52)42(38,19-44)14-13-41(24)18-40(23,41)12-10-25(36)56-35-32(51)30(49)28(47)22(55-35)17-53-34-31(50)29(48)27(46)21(16-43)54-34/h20-35,43-52H,7-19H2,1-6H3/t20-,21+,22+,23-,24-,25-,26?,27+,28+,29-,30-,31+,32+,33+,34+,35-,38-,39?,40+,41-,42-/m0/s1. The van der Waals surface area contributed by atoms with Crippen LogP contribution in [-0.2, 0) is 23.7 Å². The maximum Gasteiger partial charge on any atom is 0.186 e. The summed E-state index contributed by atoms with van der Waals surface area (Å²) in [6.07, 6.45) is -7.77. The highest BCUT2D eigenvalue weighted by Crippen LogP contribution is 2.89. The van der Waals surface area contributed by atoms with Gasteiger partial charge in [0.2, 0.25) is 0 Å². The third-order valence-electron chi connectivity index (χ3n) is 18.0. The highest BCUT2D eigenvalue weighted by Gasteiger charge is 2.84. The molecule has 328 valence electrons. The molecule has 8 rings (SSSR count). The topological polar surface area (TPSA) is 248 Å². The van der Waals surface area contributed by atoms with Crippen LogP contribution in [0.2, 0.25) is 0 Å². The molecule has 3 aliphatic heterocycles. The van der Waals surface area contributed by atoms with Crippen LogP contribution >= 0.6 is 0 Å². The van der Waals surface area contributed by atoms with E-state index < -0.39 is 97.3 Å². The van der Waals surface area contributed by atoms with Crippen LogP contribution in [-0.4, -0.2) is 162 Å². The molecule has 3 saturated heterocycles. The number of ether oxygens (including phenoxy) is 5. The molecule has 57 heavy (non-hydrogen) atoms. The van der Waals surface area contributed by atoms with Gasteiger partial charge in [-0.3, -0.25) is 0 Å². The molecule has 15 heteroatoms. The van der Waals surface area contributed by atoms with Crippen molar-refractivity contribution < 1.29 is 74.7 Å². The summed E-state index contributed by atoms with van der Waals surface area (Å²) >= 11 is 0. The molecule has 0 aromatic heterocycles. The molecule has 10 N–H and O–H groups in total. The van der Waals surface area contributed by atoms with Gasteiger partial charge in [-0.15, -0.1) is 0 Å². The number of aliphatic hydroxyl groups is 10. The van der Waals surface area contributed by atoms with Gasteiger partial charge < -0.3 is 74.7 Å².